The molecular weight excluding hydrogens is 203 g/mol. The zero-order valence-corrected chi connectivity index (χ0v) is 12.8. The molecule has 0 amide bonds. The number of rotatable bonds is 4. The van der Waals surface area contributed by atoms with Crippen LogP contribution in [0.15, 0.2) is 0 Å². The molecule has 0 aromatic heterocycles. The summed E-state index contributed by atoms with van der Waals surface area (Å²) in [6.45, 7) is 17.0. The van der Waals surface area contributed by atoms with Crippen LogP contribution in [0.5, 0.6) is 0 Å². The molecule has 0 unspecified atom stereocenters. The minimum absolute atomic E-state index is 0.0863. The van der Waals surface area contributed by atoms with Gasteiger partial charge in [0.15, 0.2) is 0 Å². The second-order valence-electron chi connectivity index (χ2n) is 6.52. The lowest BCUT2D eigenvalue weighted by molar-refractivity contribution is 0.0325. The fourth-order valence-electron chi connectivity index (χ4n) is 1.29. The summed E-state index contributed by atoms with van der Waals surface area (Å²) in [5, 5.41) is 1.08. The summed E-state index contributed by atoms with van der Waals surface area (Å²) in [7, 11) is 0. The van der Waals surface area contributed by atoms with E-state index in [0.717, 1.165) is 5.28 Å². The van der Waals surface area contributed by atoms with Gasteiger partial charge in [0.25, 0.3) is 0 Å². The summed E-state index contributed by atoms with van der Waals surface area (Å²) in [6.07, 6.45) is 0. The molecule has 0 saturated heterocycles. The first-order valence-corrected chi connectivity index (χ1v) is 7.61. The quantitative estimate of drug-likeness (QED) is 0.685. The lowest BCUT2D eigenvalue weighted by atomic mass is 10.2. The van der Waals surface area contributed by atoms with Gasteiger partial charge in [-0.15, -0.1) is 0 Å². The maximum atomic E-state index is 6.04. The first kappa shape index (κ1) is 15.5. The highest BCUT2D eigenvalue weighted by Gasteiger charge is 2.34. The lowest BCUT2D eigenvalue weighted by Gasteiger charge is -2.31. The van der Waals surface area contributed by atoms with Gasteiger partial charge in [0.05, 0.1) is 0 Å². The Kier molecular flexibility index (Phi) is 5.85. The van der Waals surface area contributed by atoms with Crippen molar-refractivity contribution in [3.63, 3.8) is 0 Å². The van der Waals surface area contributed by atoms with Crippen LogP contribution in [0.1, 0.15) is 55.4 Å². The van der Waals surface area contributed by atoms with Gasteiger partial charge < -0.3 is 7.58 Å². The molecule has 0 bridgehead atoms. The van der Waals surface area contributed by atoms with Crippen LogP contribution in [0, 0.1) is 5.92 Å². The second-order valence-corrected chi connectivity index (χ2v) is 8.32. The van der Waals surface area contributed by atoms with Crippen LogP contribution in [0.3, 0.4) is 0 Å². The third-order valence-electron chi connectivity index (χ3n) is 1.63. The zero-order chi connectivity index (χ0) is 12.3. The van der Waals surface area contributed by atoms with Gasteiger partial charge in [0.1, 0.15) is 0 Å². The summed E-state index contributed by atoms with van der Waals surface area (Å²) < 4.78 is 12.1. The van der Waals surface area contributed by atoms with E-state index in [4.69, 9.17) is 7.58 Å². The minimum atomic E-state index is -1.54. The van der Waals surface area contributed by atoms with Gasteiger partial charge in [0.2, 0.25) is 0 Å². The van der Waals surface area contributed by atoms with Crippen LogP contribution in [-0.2, 0) is 7.58 Å². The van der Waals surface area contributed by atoms with E-state index in [2.05, 4.69) is 55.4 Å². The normalized spacial score (nSPS) is 13.4. The molecular formula is C12H27AlO2. The number of hydrogen-bond donors (Lipinski definition) is 0. The first-order valence-electron chi connectivity index (χ1n) is 5.85. The Morgan fingerprint density at radius 3 is 1.40 bits per heavy atom. The molecule has 0 heterocycles. The Bertz CT molecular complexity index is 161. The van der Waals surface area contributed by atoms with Crippen LogP contribution >= 0.6 is 0 Å². The molecule has 0 aliphatic rings. The molecule has 15 heavy (non-hydrogen) atoms. The van der Waals surface area contributed by atoms with Crippen LogP contribution in [-0.4, -0.2) is 26.0 Å². The molecule has 0 radical (unpaired) electrons. The summed E-state index contributed by atoms with van der Waals surface area (Å²) in [5.41, 5.74) is -0.173. The Morgan fingerprint density at radius 2 is 1.20 bits per heavy atom. The van der Waals surface area contributed by atoms with Crippen LogP contribution in [0.25, 0.3) is 0 Å². The van der Waals surface area contributed by atoms with Gasteiger partial charge in [-0.05, 0) is 46.8 Å². The predicted molar refractivity (Wildman–Crippen MR) is 67.1 cm³/mol. The van der Waals surface area contributed by atoms with Crippen molar-refractivity contribution in [2.45, 2.75) is 71.9 Å². The van der Waals surface area contributed by atoms with Gasteiger partial charge in [-0.1, -0.05) is 19.8 Å². The van der Waals surface area contributed by atoms with Crippen molar-refractivity contribution >= 4 is 14.8 Å². The molecule has 90 valence electrons. The highest BCUT2D eigenvalue weighted by molar-refractivity contribution is 6.44. The van der Waals surface area contributed by atoms with Crippen LogP contribution in [0.2, 0.25) is 5.28 Å². The third-order valence-corrected chi connectivity index (χ3v) is 4.90. The summed E-state index contributed by atoms with van der Waals surface area (Å²) in [6, 6.07) is 0. The largest absolute Gasteiger partial charge is 0.675 e. The highest BCUT2D eigenvalue weighted by Crippen LogP contribution is 2.20. The average molecular weight is 230 g/mol. The fraction of sp³-hybridized carbons (Fsp3) is 1.00. The lowest BCUT2D eigenvalue weighted by Crippen LogP contribution is -2.39. The van der Waals surface area contributed by atoms with Crippen LogP contribution in [0.4, 0.5) is 0 Å². The van der Waals surface area contributed by atoms with Crippen molar-refractivity contribution < 1.29 is 7.58 Å². The standard InChI is InChI=1S/2C4H9O.C4H9.Al/c2*1-4(2,3)5;1-4(2)3;/h2*1-3H3;4H,1H2,2-3H3;/q2*-1;;+2. The maximum absolute atomic E-state index is 6.04. The van der Waals surface area contributed by atoms with E-state index in [1.165, 1.54) is 0 Å². The molecule has 0 aliphatic carbocycles. The summed E-state index contributed by atoms with van der Waals surface area (Å²) in [4.78, 5) is 0. The van der Waals surface area contributed by atoms with Gasteiger partial charge in [-0.3, -0.25) is 0 Å². The molecule has 0 N–H and O–H groups in total. The van der Waals surface area contributed by atoms with Crippen molar-refractivity contribution in [1.29, 1.82) is 0 Å². The molecule has 0 aromatic carbocycles. The minimum Gasteiger partial charge on any atom is -0.474 e. The topological polar surface area (TPSA) is 18.5 Å². The van der Waals surface area contributed by atoms with E-state index < -0.39 is 14.8 Å². The van der Waals surface area contributed by atoms with Crippen molar-refractivity contribution in [3.05, 3.63) is 0 Å². The van der Waals surface area contributed by atoms with E-state index in [-0.39, 0.29) is 11.2 Å². The Labute approximate surface area is 100 Å². The van der Waals surface area contributed by atoms with Gasteiger partial charge in [-0.2, -0.15) is 0 Å². The monoisotopic (exact) mass is 230 g/mol. The van der Waals surface area contributed by atoms with Crippen molar-refractivity contribution in [2.75, 3.05) is 0 Å². The molecule has 0 saturated carbocycles. The van der Waals surface area contributed by atoms with E-state index in [9.17, 15) is 0 Å². The second kappa shape index (κ2) is 5.68. The van der Waals surface area contributed by atoms with Gasteiger partial charge in [0, 0.05) is 11.2 Å². The van der Waals surface area contributed by atoms with Gasteiger partial charge >= 0.3 is 14.8 Å². The Morgan fingerprint density at radius 1 is 0.867 bits per heavy atom. The molecule has 0 rings (SSSR count). The smallest absolute Gasteiger partial charge is 0.474 e. The molecule has 0 aromatic rings. The molecule has 0 fully saturated rings. The van der Waals surface area contributed by atoms with Crippen molar-refractivity contribution in [1.82, 2.24) is 0 Å². The Balaban J connectivity index is 4.32. The van der Waals surface area contributed by atoms with E-state index in [0.29, 0.717) is 5.92 Å². The Hall–Kier alpha value is 0.452. The SMILES string of the molecule is CC(C)[CH2][Al]([O]C(C)(C)C)[O]C(C)(C)C. The van der Waals surface area contributed by atoms with E-state index >= 15 is 0 Å². The van der Waals surface area contributed by atoms with Crippen molar-refractivity contribution in [2.24, 2.45) is 5.92 Å². The average Bonchev–Trinajstić information content (AvgIpc) is 1.73. The zero-order valence-electron chi connectivity index (χ0n) is 11.7. The third kappa shape index (κ3) is 10.7. The highest BCUT2D eigenvalue weighted by atomic mass is 27.2. The first-order chi connectivity index (χ1) is 6.49. The molecule has 0 aliphatic heterocycles. The summed E-state index contributed by atoms with van der Waals surface area (Å²) >= 11 is -1.54. The molecule has 3 heteroatoms. The van der Waals surface area contributed by atoms with E-state index in [1.54, 1.807) is 0 Å². The maximum Gasteiger partial charge on any atom is 0.675 e. The molecule has 2 nitrogen and oxygen atoms in total. The molecule has 0 atom stereocenters. The van der Waals surface area contributed by atoms with Crippen LogP contribution < -0.4 is 0 Å². The predicted octanol–water partition coefficient (Wildman–Crippen LogP) is 3.76. The van der Waals surface area contributed by atoms with Gasteiger partial charge in [-0.25, -0.2) is 0 Å². The van der Waals surface area contributed by atoms with Crippen molar-refractivity contribution in [3.8, 4) is 0 Å². The fourth-order valence-corrected chi connectivity index (χ4v) is 3.88. The van der Waals surface area contributed by atoms with E-state index in [1.807, 2.05) is 0 Å². The number of hydrogen-bond acceptors (Lipinski definition) is 2. The summed E-state index contributed by atoms with van der Waals surface area (Å²) in [5.74, 6) is 0.645. The molecule has 0 spiro atoms.